The van der Waals surface area contributed by atoms with Gasteiger partial charge in [-0.25, -0.2) is 4.68 Å². The van der Waals surface area contributed by atoms with Crippen LogP contribution in [0.2, 0.25) is 0 Å². The number of hydrogen-bond acceptors (Lipinski definition) is 9. The molecule has 3 heterocycles. The molecule has 0 bridgehead atoms. The van der Waals surface area contributed by atoms with E-state index in [1.807, 2.05) is 41.1 Å². The summed E-state index contributed by atoms with van der Waals surface area (Å²) >= 11 is 0. The number of hydrogen-bond donors (Lipinski definition) is 2. The van der Waals surface area contributed by atoms with Gasteiger partial charge in [-0.1, -0.05) is 12.1 Å². The molecule has 38 heavy (non-hydrogen) atoms. The fourth-order valence-corrected chi connectivity index (χ4v) is 5.09. The van der Waals surface area contributed by atoms with Crippen LogP contribution in [0.4, 0.5) is 5.95 Å². The average Bonchev–Trinajstić information content (AvgIpc) is 3.43. The summed E-state index contributed by atoms with van der Waals surface area (Å²) in [4.78, 5) is 4.45. The molecule has 0 amide bonds. The van der Waals surface area contributed by atoms with Crippen molar-refractivity contribution < 1.29 is 28.8 Å². The molecular weight excluding hydrogens is 488 g/mol. The summed E-state index contributed by atoms with van der Waals surface area (Å²) < 4.78 is 30.6. The summed E-state index contributed by atoms with van der Waals surface area (Å²) in [6, 6.07) is 16.1. The molecule has 0 radical (unpaired) electrons. The summed E-state index contributed by atoms with van der Waals surface area (Å²) in [5.74, 6) is 3.71. The maximum atomic E-state index is 10.4. The number of phenolic OH excluding ortho intramolecular Hbond substituents is 1. The number of phenols is 1. The van der Waals surface area contributed by atoms with Crippen LogP contribution < -0.4 is 29.0 Å². The van der Waals surface area contributed by atoms with Crippen molar-refractivity contribution in [1.82, 2.24) is 14.8 Å². The highest BCUT2D eigenvalue weighted by atomic mass is 16.5. The van der Waals surface area contributed by atoms with E-state index >= 15 is 0 Å². The number of aromatic hydroxyl groups is 1. The van der Waals surface area contributed by atoms with Gasteiger partial charge in [0.1, 0.15) is 30.0 Å². The number of fused-ring (bicyclic) bond motifs is 3. The van der Waals surface area contributed by atoms with Crippen LogP contribution in [0.3, 0.4) is 0 Å². The molecule has 194 valence electrons. The average molecular weight is 515 g/mol. The third-order valence-corrected chi connectivity index (χ3v) is 6.83. The van der Waals surface area contributed by atoms with Gasteiger partial charge in [0.2, 0.25) is 5.95 Å². The highest BCUT2D eigenvalue weighted by molar-refractivity contribution is 5.85. The number of aromatic nitrogens is 3. The van der Waals surface area contributed by atoms with Gasteiger partial charge in [0.25, 0.3) is 0 Å². The fraction of sp³-hybridized carbons (Fsp3) is 0.214. The zero-order valence-electron chi connectivity index (χ0n) is 21.3. The van der Waals surface area contributed by atoms with Crippen LogP contribution in [0.5, 0.6) is 34.5 Å². The first-order valence-electron chi connectivity index (χ1n) is 11.9. The molecular formula is C28H26N4O6. The van der Waals surface area contributed by atoms with Crippen LogP contribution in [0.25, 0.3) is 5.70 Å². The Kier molecular flexibility index (Phi) is 5.71. The molecule has 0 aliphatic carbocycles. The molecule has 0 saturated heterocycles. The van der Waals surface area contributed by atoms with Gasteiger partial charge < -0.3 is 34.1 Å². The Hall–Kier alpha value is -4.86. The van der Waals surface area contributed by atoms with Gasteiger partial charge in [0, 0.05) is 16.7 Å². The summed E-state index contributed by atoms with van der Waals surface area (Å²) in [5, 5.41) is 18.3. The van der Waals surface area contributed by atoms with Crippen molar-refractivity contribution in [2.24, 2.45) is 0 Å². The standard InChI is InChI=1S/C28H26N4O6/c1-34-20-8-5-15(11-22(20)36-3)26-24-25(31-28-29-14-30-32(26)28)18-13-17(33)7-10-19(18)38-27(24)16-6-9-21(35-2)23(12-16)37-4/h5-14,26-27,33H,1-4H3,(H,29,30,31)/t26-,27-/m0/s1. The third kappa shape index (κ3) is 3.64. The quantitative estimate of drug-likeness (QED) is 0.382. The molecule has 6 rings (SSSR count). The largest absolute Gasteiger partial charge is 0.508 e. The number of nitrogens with zero attached hydrogens (tertiary/aromatic N) is 3. The Morgan fingerprint density at radius 2 is 1.47 bits per heavy atom. The van der Waals surface area contributed by atoms with Gasteiger partial charge in [-0.15, -0.1) is 0 Å². The first kappa shape index (κ1) is 23.5. The molecule has 2 aliphatic heterocycles. The number of benzene rings is 3. The summed E-state index contributed by atoms with van der Waals surface area (Å²) in [6.07, 6.45) is 0.967. The van der Waals surface area contributed by atoms with Crippen LogP contribution in [0, 0.1) is 0 Å². The Bertz CT molecular complexity index is 1560. The van der Waals surface area contributed by atoms with E-state index in [0.29, 0.717) is 34.7 Å². The van der Waals surface area contributed by atoms with Crippen molar-refractivity contribution in [3.05, 3.63) is 83.2 Å². The lowest BCUT2D eigenvalue weighted by Gasteiger charge is -2.39. The molecule has 2 N–H and O–H groups in total. The van der Waals surface area contributed by atoms with Gasteiger partial charge in [0.05, 0.1) is 34.1 Å². The lowest BCUT2D eigenvalue weighted by molar-refractivity contribution is 0.222. The minimum absolute atomic E-state index is 0.125. The maximum absolute atomic E-state index is 10.4. The zero-order chi connectivity index (χ0) is 26.4. The molecule has 0 spiro atoms. The van der Waals surface area contributed by atoms with Gasteiger partial charge in [-0.05, 0) is 48.0 Å². The van der Waals surface area contributed by atoms with Crippen LogP contribution in [-0.4, -0.2) is 48.3 Å². The number of nitrogens with one attached hydrogen (secondary N) is 1. The molecule has 10 heteroatoms. The van der Waals surface area contributed by atoms with Crippen LogP contribution >= 0.6 is 0 Å². The van der Waals surface area contributed by atoms with E-state index < -0.39 is 12.1 Å². The van der Waals surface area contributed by atoms with Crippen molar-refractivity contribution in [3.8, 4) is 34.5 Å². The Morgan fingerprint density at radius 1 is 0.816 bits per heavy atom. The molecule has 3 aromatic carbocycles. The van der Waals surface area contributed by atoms with Crippen molar-refractivity contribution in [1.29, 1.82) is 0 Å². The highest BCUT2D eigenvalue weighted by Crippen LogP contribution is 2.52. The summed E-state index contributed by atoms with van der Waals surface area (Å²) in [5.41, 5.74) is 4.12. The van der Waals surface area contributed by atoms with Gasteiger partial charge in [-0.2, -0.15) is 10.1 Å². The molecule has 1 aromatic heterocycles. The normalized spacial score (nSPS) is 17.4. The number of anilines is 1. The predicted molar refractivity (Wildman–Crippen MR) is 139 cm³/mol. The predicted octanol–water partition coefficient (Wildman–Crippen LogP) is 4.58. The molecule has 0 unspecified atom stereocenters. The van der Waals surface area contributed by atoms with Gasteiger partial charge >= 0.3 is 0 Å². The SMILES string of the molecule is COc1ccc([C@@H]2Oc3ccc(O)cc3C3=C2[C@H](c2ccc(OC)c(OC)c2)n2ncnc2N3)cc1OC. The van der Waals surface area contributed by atoms with E-state index in [1.165, 1.54) is 6.33 Å². The second-order valence-electron chi connectivity index (χ2n) is 8.79. The molecule has 0 saturated carbocycles. The van der Waals surface area contributed by atoms with E-state index in [2.05, 4.69) is 15.4 Å². The fourth-order valence-electron chi connectivity index (χ4n) is 5.09. The summed E-state index contributed by atoms with van der Waals surface area (Å²) in [7, 11) is 6.40. The van der Waals surface area contributed by atoms with Crippen LogP contribution in [0.15, 0.2) is 66.5 Å². The Labute approximate surface area is 219 Å². The smallest absolute Gasteiger partial charge is 0.226 e. The molecule has 2 atom stereocenters. The van der Waals surface area contributed by atoms with E-state index in [9.17, 15) is 5.11 Å². The molecule has 10 nitrogen and oxygen atoms in total. The van der Waals surface area contributed by atoms with Crippen LogP contribution in [0.1, 0.15) is 28.8 Å². The van der Waals surface area contributed by atoms with Crippen molar-refractivity contribution in [3.63, 3.8) is 0 Å². The van der Waals surface area contributed by atoms with Crippen molar-refractivity contribution in [2.45, 2.75) is 12.1 Å². The summed E-state index contributed by atoms with van der Waals surface area (Å²) in [6.45, 7) is 0. The lowest BCUT2D eigenvalue weighted by atomic mass is 9.84. The van der Waals surface area contributed by atoms with Crippen molar-refractivity contribution in [2.75, 3.05) is 33.8 Å². The Morgan fingerprint density at radius 3 is 2.16 bits per heavy atom. The highest BCUT2D eigenvalue weighted by Gasteiger charge is 2.41. The van der Waals surface area contributed by atoms with Gasteiger partial charge in [0.15, 0.2) is 23.0 Å². The maximum Gasteiger partial charge on any atom is 0.226 e. The molecule has 4 aromatic rings. The second kappa shape index (κ2) is 9.22. The monoisotopic (exact) mass is 514 g/mol. The number of rotatable bonds is 6. The van der Waals surface area contributed by atoms with Crippen LogP contribution in [-0.2, 0) is 0 Å². The first-order chi connectivity index (χ1) is 18.6. The van der Waals surface area contributed by atoms with E-state index in [1.54, 1.807) is 46.6 Å². The third-order valence-electron chi connectivity index (χ3n) is 6.83. The number of ether oxygens (including phenoxy) is 5. The van der Waals surface area contributed by atoms with Gasteiger partial charge in [-0.3, -0.25) is 0 Å². The first-order valence-corrected chi connectivity index (χ1v) is 11.9. The second-order valence-corrected chi connectivity index (χ2v) is 8.79. The van der Waals surface area contributed by atoms with E-state index in [0.717, 1.165) is 28.0 Å². The minimum Gasteiger partial charge on any atom is -0.508 e. The Balaban J connectivity index is 1.61. The lowest BCUT2D eigenvalue weighted by Crippen LogP contribution is -2.32. The number of methoxy groups -OCH3 is 4. The topological polar surface area (TPSA) is 109 Å². The molecule has 2 aliphatic rings. The van der Waals surface area contributed by atoms with E-state index in [4.69, 9.17) is 23.7 Å². The van der Waals surface area contributed by atoms with E-state index in [-0.39, 0.29) is 5.75 Å². The van der Waals surface area contributed by atoms with Crippen molar-refractivity contribution >= 4 is 11.6 Å². The zero-order valence-corrected chi connectivity index (χ0v) is 21.3. The minimum atomic E-state index is -0.537. The molecule has 0 fully saturated rings.